The first-order chi connectivity index (χ1) is 16.1. The Balaban J connectivity index is 1.62. The summed E-state index contributed by atoms with van der Waals surface area (Å²) < 4.78 is 0. The Bertz CT molecular complexity index is 1150. The van der Waals surface area contributed by atoms with E-state index in [0.717, 1.165) is 34.9 Å². The highest BCUT2D eigenvalue weighted by Gasteiger charge is 2.31. The van der Waals surface area contributed by atoms with Gasteiger partial charge >= 0.3 is 0 Å². The van der Waals surface area contributed by atoms with Crippen molar-refractivity contribution in [2.75, 3.05) is 28.8 Å². The molecule has 1 aliphatic rings. The number of carbonyl (C=O) groups is 1. The summed E-state index contributed by atoms with van der Waals surface area (Å²) in [6.45, 7) is 6.21. The molecule has 1 heterocycles. The number of halogens is 1. The summed E-state index contributed by atoms with van der Waals surface area (Å²) in [5, 5.41) is 6.90. The standard InChI is InChI=1S/C27H26ClN3OS/c1-3-30(4-2)22-14-10-20(11-15-22)18-25-26(19-33-24-16-12-21(28)13-17-24)29-31(27(25)32)23-8-6-5-7-9-23/h5-18H,3-4,19H2,1-2H3. The Hall–Kier alpha value is -3.02. The van der Waals surface area contributed by atoms with Gasteiger partial charge in [0, 0.05) is 34.4 Å². The molecule has 1 aliphatic heterocycles. The normalized spacial score (nSPS) is 14.6. The average Bonchev–Trinajstić information content (AvgIpc) is 3.16. The van der Waals surface area contributed by atoms with E-state index >= 15 is 0 Å². The van der Waals surface area contributed by atoms with E-state index in [-0.39, 0.29) is 5.91 Å². The predicted molar refractivity (Wildman–Crippen MR) is 142 cm³/mol. The van der Waals surface area contributed by atoms with Crippen molar-refractivity contribution in [1.82, 2.24) is 0 Å². The largest absolute Gasteiger partial charge is 0.372 e. The second-order valence-electron chi connectivity index (χ2n) is 7.56. The van der Waals surface area contributed by atoms with Gasteiger partial charge in [-0.2, -0.15) is 10.1 Å². The van der Waals surface area contributed by atoms with Crippen molar-refractivity contribution in [2.24, 2.45) is 5.10 Å². The van der Waals surface area contributed by atoms with Gasteiger partial charge in [0.2, 0.25) is 0 Å². The maximum absolute atomic E-state index is 13.4. The van der Waals surface area contributed by atoms with Gasteiger partial charge in [0.15, 0.2) is 0 Å². The van der Waals surface area contributed by atoms with Crippen LogP contribution in [0.15, 0.2) is 94.4 Å². The van der Waals surface area contributed by atoms with Crippen molar-refractivity contribution in [2.45, 2.75) is 18.7 Å². The number of para-hydroxylation sites is 1. The molecular formula is C27H26ClN3OS. The predicted octanol–water partition coefficient (Wildman–Crippen LogP) is 6.76. The Morgan fingerprint density at radius 2 is 1.61 bits per heavy atom. The van der Waals surface area contributed by atoms with Crippen LogP contribution in [0.2, 0.25) is 5.02 Å². The number of anilines is 2. The van der Waals surface area contributed by atoms with Crippen molar-refractivity contribution in [1.29, 1.82) is 0 Å². The zero-order chi connectivity index (χ0) is 23.2. The van der Waals surface area contributed by atoms with Crippen molar-refractivity contribution < 1.29 is 4.79 Å². The molecule has 0 atom stereocenters. The summed E-state index contributed by atoms with van der Waals surface area (Å²) in [5.41, 5.74) is 4.30. The smallest absolute Gasteiger partial charge is 0.280 e. The third-order valence-electron chi connectivity index (χ3n) is 5.48. The second-order valence-corrected chi connectivity index (χ2v) is 9.05. The van der Waals surface area contributed by atoms with Gasteiger partial charge in [-0.15, -0.1) is 11.8 Å². The summed E-state index contributed by atoms with van der Waals surface area (Å²) in [5.74, 6) is 0.473. The lowest BCUT2D eigenvalue weighted by molar-refractivity contribution is -0.114. The van der Waals surface area contributed by atoms with Crippen molar-refractivity contribution in [3.63, 3.8) is 0 Å². The van der Waals surface area contributed by atoms with Crippen LogP contribution in [0.3, 0.4) is 0 Å². The summed E-state index contributed by atoms with van der Waals surface area (Å²) >= 11 is 7.65. The first kappa shape index (κ1) is 23.1. The van der Waals surface area contributed by atoms with Gasteiger partial charge in [-0.1, -0.05) is 41.9 Å². The molecule has 0 saturated carbocycles. The van der Waals surface area contributed by atoms with Gasteiger partial charge in [0.1, 0.15) is 0 Å². The Labute approximate surface area is 204 Å². The lowest BCUT2D eigenvalue weighted by atomic mass is 10.1. The van der Waals surface area contributed by atoms with Crippen LogP contribution >= 0.6 is 23.4 Å². The van der Waals surface area contributed by atoms with E-state index in [1.807, 2.05) is 60.7 Å². The van der Waals surface area contributed by atoms with Gasteiger partial charge in [-0.25, -0.2) is 0 Å². The molecule has 0 N–H and O–H groups in total. The number of amides is 1. The Morgan fingerprint density at radius 1 is 0.939 bits per heavy atom. The number of hydrazone groups is 1. The van der Waals surface area contributed by atoms with E-state index < -0.39 is 0 Å². The molecule has 0 saturated heterocycles. The highest BCUT2D eigenvalue weighted by molar-refractivity contribution is 8.00. The van der Waals surface area contributed by atoms with E-state index in [1.54, 1.807) is 11.8 Å². The molecule has 0 bridgehead atoms. The van der Waals surface area contributed by atoms with Gasteiger partial charge < -0.3 is 4.90 Å². The SMILES string of the molecule is CCN(CC)c1ccc(C=C2C(=O)N(c3ccccc3)N=C2CSc2ccc(Cl)cc2)cc1. The van der Waals surface area contributed by atoms with Crippen molar-refractivity contribution >= 4 is 52.4 Å². The summed E-state index contributed by atoms with van der Waals surface area (Å²) in [6, 6.07) is 25.6. The van der Waals surface area contributed by atoms with Crippen LogP contribution in [0.4, 0.5) is 11.4 Å². The fourth-order valence-electron chi connectivity index (χ4n) is 3.67. The first-order valence-electron chi connectivity index (χ1n) is 11.0. The van der Waals surface area contributed by atoms with Gasteiger partial charge in [-0.05, 0) is 74.0 Å². The molecule has 4 rings (SSSR count). The number of thioether (sulfide) groups is 1. The Kier molecular flexibility index (Phi) is 7.53. The van der Waals surface area contributed by atoms with Crippen molar-refractivity contribution in [3.05, 3.63) is 95.0 Å². The molecule has 0 radical (unpaired) electrons. The molecule has 0 unspecified atom stereocenters. The number of hydrogen-bond donors (Lipinski definition) is 0. The van der Waals surface area contributed by atoms with Crippen LogP contribution in [-0.2, 0) is 4.79 Å². The topological polar surface area (TPSA) is 35.9 Å². The zero-order valence-corrected chi connectivity index (χ0v) is 20.3. The molecule has 0 aliphatic carbocycles. The number of benzene rings is 3. The number of hydrogen-bond acceptors (Lipinski definition) is 4. The fourth-order valence-corrected chi connectivity index (χ4v) is 4.64. The third-order valence-corrected chi connectivity index (χ3v) is 6.75. The fraction of sp³-hybridized carbons (Fsp3) is 0.185. The van der Waals surface area contributed by atoms with E-state index in [9.17, 15) is 4.79 Å². The summed E-state index contributed by atoms with van der Waals surface area (Å²) in [7, 11) is 0. The van der Waals surface area contributed by atoms with E-state index in [0.29, 0.717) is 16.3 Å². The van der Waals surface area contributed by atoms with Gasteiger partial charge in [0.05, 0.1) is 17.0 Å². The Morgan fingerprint density at radius 3 is 2.24 bits per heavy atom. The highest BCUT2D eigenvalue weighted by atomic mass is 35.5. The van der Waals surface area contributed by atoms with E-state index in [4.69, 9.17) is 16.7 Å². The lowest BCUT2D eigenvalue weighted by Gasteiger charge is -2.20. The minimum atomic E-state index is -0.110. The molecule has 33 heavy (non-hydrogen) atoms. The van der Waals surface area contributed by atoms with Crippen LogP contribution in [0.1, 0.15) is 19.4 Å². The van der Waals surface area contributed by atoms with Crippen LogP contribution < -0.4 is 9.91 Å². The quantitative estimate of drug-likeness (QED) is 0.266. The average molecular weight is 476 g/mol. The minimum absolute atomic E-state index is 0.110. The lowest BCUT2D eigenvalue weighted by Crippen LogP contribution is -2.21. The van der Waals surface area contributed by atoms with Crippen LogP contribution in [-0.4, -0.2) is 30.5 Å². The van der Waals surface area contributed by atoms with Gasteiger partial charge in [-0.3, -0.25) is 4.79 Å². The molecule has 0 spiro atoms. The van der Waals surface area contributed by atoms with Crippen molar-refractivity contribution in [3.8, 4) is 0 Å². The van der Waals surface area contributed by atoms with E-state index in [2.05, 4.69) is 43.0 Å². The molecular weight excluding hydrogens is 450 g/mol. The maximum atomic E-state index is 13.4. The zero-order valence-electron chi connectivity index (χ0n) is 18.7. The van der Waals surface area contributed by atoms with E-state index in [1.165, 1.54) is 10.7 Å². The molecule has 168 valence electrons. The van der Waals surface area contributed by atoms with Crippen LogP contribution in [0, 0.1) is 0 Å². The molecule has 3 aromatic carbocycles. The van der Waals surface area contributed by atoms with Crippen LogP contribution in [0.25, 0.3) is 6.08 Å². The molecule has 4 nitrogen and oxygen atoms in total. The molecule has 6 heteroatoms. The third kappa shape index (κ3) is 5.49. The summed E-state index contributed by atoms with van der Waals surface area (Å²) in [6.07, 6.45) is 1.94. The van der Waals surface area contributed by atoms with Gasteiger partial charge in [0.25, 0.3) is 5.91 Å². The molecule has 0 fully saturated rings. The molecule has 0 aromatic heterocycles. The van der Waals surface area contributed by atoms with Crippen LogP contribution in [0.5, 0.6) is 0 Å². The maximum Gasteiger partial charge on any atom is 0.280 e. The monoisotopic (exact) mass is 475 g/mol. The second kappa shape index (κ2) is 10.7. The number of carbonyl (C=O) groups excluding carboxylic acids is 1. The summed E-state index contributed by atoms with van der Waals surface area (Å²) in [4.78, 5) is 16.7. The minimum Gasteiger partial charge on any atom is -0.372 e. The highest BCUT2D eigenvalue weighted by Crippen LogP contribution is 2.29. The molecule has 1 amide bonds. The number of rotatable bonds is 8. The number of nitrogens with zero attached hydrogens (tertiary/aromatic N) is 3. The molecule has 3 aromatic rings. The first-order valence-corrected chi connectivity index (χ1v) is 12.4.